The average Bonchev–Trinajstić information content (AvgIpc) is 3.24. The smallest absolute Gasteiger partial charge is 0.317 e. The van der Waals surface area contributed by atoms with Crippen LogP contribution in [0.4, 0.5) is 4.39 Å². The van der Waals surface area contributed by atoms with E-state index >= 15 is 0 Å². The van der Waals surface area contributed by atoms with Crippen molar-refractivity contribution in [3.05, 3.63) is 23.5 Å². The summed E-state index contributed by atoms with van der Waals surface area (Å²) >= 11 is 0. The van der Waals surface area contributed by atoms with Gasteiger partial charge in [-0.3, -0.25) is 4.79 Å². The number of hydrogen-bond acceptors (Lipinski definition) is 6. The molecule has 8 heteroatoms. The van der Waals surface area contributed by atoms with E-state index in [1.807, 2.05) is 0 Å². The van der Waals surface area contributed by atoms with E-state index < -0.39 is 27.0 Å². The largest absolute Gasteiger partial charge is 0.468 e. The van der Waals surface area contributed by atoms with E-state index in [0.29, 0.717) is 12.8 Å². The first-order valence-electron chi connectivity index (χ1n) is 6.50. The zero-order chi connectivity index (χ0) is 15.8. The maximum atomic E-state index is 13.9. The van der Waals surface area contributed by atoms with Crippen molar-refractivity contribution < 1.29 is 22.3 Å². The molecule has 116 valence electrons. The number of aromatic nitrogens is 2. The Bertz CT molecular complexity index is 669. The third kappa shape index (κ3) is 3.20. The van der Waals surface area contributed by atoms with Gasteiger partial charge in [0.2, 0.25) is 0 Å². The summed E-state index contributed by atoms with van der Waals surface area (Å²) in [5.41, 5.74) is -1.48. The number of carbonyl (C=O) groups is 1. The summed E-state index contributed by atoms with van der Waals surface area (Å²) in [6.07, 6.45) is 2.18. The highest BCUT2D eigenvalue weighted by molar-refractivity contribution is 7.91. The van der Waals surface area contributed by atoms with Crippen molar-refractivity contribution in [2.75, 3.05) is 7.11 Å². The Hall–Kier alpha value is -1.57. The number of sulfone groups is 1. The Morgan fingerprint density at radius 1 is 1.48 bits per heavy atom. The number of halogens is 1. The van der Waals surface area contributed by atoms with Crippen LogP contribution in [0.3, 0.4) is 0 Å². The highest BCUT2D eigenvalue weighted by atomic mass is 32.2. The van der Waals surface area contributed by atoms with Gasteiger partial charge in [0.05, 0.1) is 24.3 Å². The lowest BCUT2D eigenvalue weighted by Gasteiger charge is -2.21. The standard InChI is InChI=1S/C13H17FN2O4S/c1-13(2,12(17)20-3)11-9(14)6-15-10(16-11)7-21(18,19)8-4-5-8/h6,8H,4-5,7H2,1-3H3. The van der Waals surface area contributed by atoms with Gasteiger partial charge in [-0.05, 0) is 26.7 Å². The van der Waals surface area contributed by atoms with Crippen molar-refractivity contribution in [2.45, 2.75) is 43.1 Å². The monoisotopic (exact) mass is 316 g/mol. The molecule has 0 amide bonds. The van der Waals surface area contributed by atoms with Crippen molar-refractivity contribution in [3.8, 4) is 0 Å². The van der Waals surface area contributed by atoms with Crippen LogP contribution in [-0.4, -0.2) is 36.7 Å². The summed E-state index contributed by atoms with van der Waals surface area (Å²) in [5.74, 6) is -1.77. The van der Waals surface area contributed by atoms with Gasteiger partial charge in [-0.15, -0.1) is 0 Å². The van der Waals surface area contributed by atoms with Gasteiger partial charge in [-0.2, -0.15) is 0 Å². The minimum atomic E-state index is -3.30. The molecule has 0 aromatic carbocycles. The molecule has 6 nitrogen and oxygen atoms in total. The molecule has 1 heterocycles. The predicted octanol–water partition coefficient (Wildman–Crippen LogP) is 1.14. The van der Waals surface area contributed by atoms with E-state index in [4.69, 9.17) is 0 Å². The molecule has 0 radical (unpaired) electrons. The molecule has 0 aliphatic heterocycles. The Balaban J connectivity index is 2.35. The predicted molar refractivity (Wildman–Crippen MR) is 72.7 cm³/mol. The van der Waals surface area contributed by atoms with E-state index in [0.717, 1.165) is 6.20 Å². The van der Waals surface area contributed by atoms with Crippen molar-refractivity contribution >= 4 is 15.8 Å². The van der Waals surface area contributed by atoms with Gasteiger partial charge in [0.1, 0.15) is 17.0 Å². The summed E-state index contributed by atoms with van der Waals surface area (Å²) in [6.45, 7) is 2.92. The Morgan fingerprint density at radius 2 is 2.10 bits per heavy atom. The molecular weight excluding hydrogens is 299 g/mol. The molecular formula is C13H17FN2O4S. The van der Waals surface area contributed by atoms with Crippen LogP contribution >= 0.6 is 0 Å². The lowest BCUT2D eigenvalue weighted by atomic mass is 9.89. The summed E-state index contributed by atoms with van der Waals surface area (Å²) in [4.78, 5) is 19.4. The third-order valence-electron chi connectivity index (χ3n) is 3.44. The van der Waals surface area contributed by atoms with E-state index in [1.165, 1.54) is 21.0 Å². The van der Waals surface area contributed by atoms with Crippen molar-refractivity contribution in [3.63, 3.8) is 0 Å². The normalized spacial score (nSPS) is 15.8. The summed E-state index contributed by atoms with van der Waals surface area (Å²) in [5, 5.41) is -0.344. The molecule has 0 bridgehead atoms. The van der Waals surface area contributed by atoms with E-state index in [9.17, 15) is 17.6 Å². The van der Waals surface area contributed by atoms with Gasteiger partial charge in [-0.25, -0.2) is 22.8 Å². The average molecular weight is 316 g/mol. The molecule has 1 saturated carbocycles. The summed E-state index contributed by atoms with van der Waals surface area (Å²) in [7, 11) is -2.11. The van der Waals surface area contributed by atoms with E-state index in [1.54, 1.807) is 0 Å². The number of ether oxygens (including phenoxy) is 1. The summed E-state index contributed by atoms with van der Waals surface area (Å²) in [6, 6.07) is 0. The topological polar surface area (TPSA) is 86.2 Å². The third-order valence-corrected chi connectivity index (χ3v) is 5.59. The summed E-state index contributed by atoms with van der Waals surface area (Å²) < 4.78 is 42.4. The molecule has 1 aromatic rings. The maximum absolute atomic E-state index is 13.9. The highest BCUT2D eigenvalue weighted by Gasteiger charge is 2.38. The Kier molecular flexibility index (Phi) is 4.01. The SMILES string of the molecule is COC(=O)C(C)(C)c1nc(CS(=O)(=O)C2CC2)ncc1F. The van der Waals surface area contributed by atoms with Crippen LogP contribution in [-0.2, 0) is 30.5 Å². The zero-order valence-corrected chi connectivity index (χ0v) is 12.9. The number of esters is 1. The van der Waals surface area contributed by atoms with Gasteiger partial charge in [0, 0.05) is 0 Å². The fourth-order valence-corrected chi connectivity index (χ4v) is 3.58. The molecule has 0 N–H and O–H groups in total. The van der Waals surface area contributed by atoms with Crippen LogP contribution in [0.25, 0.3) is 0 Å². The molecule has 1 fully saturated rings. The van der Waals surface area contributed by atoms with Crippen molar-refractivity contribution in [1.82, 2.24) is 9.97 Å². The molecule has 0 spiro atoms. The first-order chi connectivity index (χ1) is 9.68. The highest BCUT2D eigenvalue weighted by Crippen LogP contribution is 2.31. The minimum Gasteiger partial charge on any atom is -0.468 e. The number of nitrogens with zero attached hydrogens (tertiary/aromatic N) is 2. The first kappa shape index (κ1) is 15.8. The van der Waals surface area contributed by atoms with Crippen LogP contribution in [0, 0.1) is 5.82 Å². The molecule has 21 heavy (non-hydrogen) atoms. The van der Waals surface area contributed by atoms with E-state index in [-0.39, 0.29) is 22.5 Å². The fourth-order valence-electron chi connectivity index (χ4n) is 1.99. The molecule has 0 unspecified atom stereocenters. The lowest BCUT2D eigenvalue weighted by molar-refractivity contribution is -0.146. The molecule has 2 rings (SSSR count). The van der Waals surface area contributed by atoms with Gasteiger partial charge >= 0.3 is 5.97 Å². The zero-order valence-electron chi connectivity index (χ0n) is 12.1. The molecule has 1 aromatic heterocycles. The number of hydrogen-bond donors (Lipinski definition) is 0. The lowest BCUT2D eigenvalue weighted by Crippen LogP contribution is -2.33. The Morgan fingerprint density at radius 3 is 2.62 bits per heavy atom. The van der Waals surface area contributed by atoms with Crippen LogP contribution in [0.2, 0.25) is 0 Å². The second-order valence-corrected chi connectivity index (χ2v) is 7.89. The molecule has 1 aliphatic rings. The number of carbonyl (C=O) groups excluding carboxylic acids is 1. The quantitative estimate of drug-likeness (QED) is 0.757. The van der Waals surface area contributed by atoms with Crippen LogP contribution < -0.4 is 0 Å². The fraction of sp³-hybridized carbons (Fsp3) is 0.615. The van der Waals surface area contributed by atoms with Crippen LogP contribution in [0.1, 0.15) is 38.2 Å². The second kappa shape index (κ2) is 5.32. The van der Waals surface area contributed by atoms with Crippen LogP contribution in [0.15, 0.2) is 6.20 Å². The van der Waals surface area contributed by atoms with Gasteiger partial charge in [0.25, 0.3) is 0 Å². The van der Waals surface area contributed by atoms with Crippen molar-refractivity contribution in [1.29, 1.82) is 0 Å². The second-order valence-electron chi connectivity index (χ2n) is 5.61. The maximum Gasteiger partial charge on any atom is 0.317 e. The van der Waals surface area contributed by atoms with Crippen LogP contribution in [0.5, 0.6) is 0 Å². The molecule has 0 atom stereocenters. The van der Waals surface area contributed by atoms with Gasteiger partial charge in [0.15, 0.2) is 15.7 Å². The number of methoxy groups -OCH3 is 1. The first-order valence-corrected chi connectivity index (χ1v) is 8.22. The van der Waals surface area contributed by atoms with E-state index in [2.05, 4.69) is 14.7 Å². The minimum absolute atomic E-state index is 0.00437. The molecule has 0 saturated heterocycles. The molecule has 1 aliphatic carbocycles. The van der Waals surface area contributed by atoms with Crippen molar-refractivity contribution in [2.24, 2.45) is 0 Å². The number of rotatable bonds is 5. The van der Waals surface area contributed by atoms with Gasteiger partial charge in [-0.1, -0.05) is 0 Å². The Labute approximate surface area is 122 Å². The van der Waals surface area contributed by atoms with Gasteiger partial charge < -0.3 is 4.74 Å².